The molecule has 0 aromatic carbocycles. The Hall–Kier alpha value is -1.10. The zero-order valence-corrected chi connectivity index (χ0v) is 6.07. The summed E-state index contributed by atoms with van der Waals surface area (Å²) in [6.07, 6.45) is -0.300. The van der Waals surface area contributed by atoms with Crippen molar-refractivity contribution >= 4 is 11.9 Å². The third-order valence-corrected chi connectivity index (χ3v) is 1.43. The first-order chi connectivity index (χ1) is 5.15. The fraction of sp³-hybridized carbons (Fsp3) is 0.667. The molecule has 1 atom stereocenters. The predicted molar refractivity (Wildman–Crippen MR) is 34.2 cm³/mol. The SMILES string of the molecule is CCC(N)C1OC(=O)C(=O)O1. The van der Waals surface area contributed by atoms with Gasteiger partial charge in [-0.2, -0.15) is 0 Å². The van der Waals surface area contributed by atoms with Crippen molar-refractivity contribution in [2.45, 2.75) is 25.7 Å². The number of ether oxygens (including phenoxy) is 2. The summed E-state index contributed by atoms with van der Waals surface area (Å²) in [5.41, 5.74) is 5.45. The molecule has 62 valence electrons. The van der Waals surface area contributed by atoms with E-state index in [-0.39, 0.29) is 0 Å². The Morgan fingerprint density at radius 3 is 2.27 bits per heavy atom. The second kappa shape index (κ2) is 2.87. The summed E-state index contributed by atoms with van der Waals surface area (Å²) in [4.78, 5) is 20.9. The van der Waals surface area contributed by atoms with Crippen molar-refractivity contribution in [1.82, 2.24) is 0 Å². The van der Waals surface area contributed by atoms with Crippen LogP contribution in [0.2, 0.25) is 0 Å². The Morgan fingerprint density at radius 2 is 1.91 bits per heavy atom. The molecule has 0 aliphatic carbocycles. The van der Waals surface area contributed by atoms with Crippen LogP contribution in [-0.4, -0.2) is 24.3 Å². The van der Waals surface area contributed by atoms with Gasteiger partial charge in [-0.25, -0.2) is 9.59 Å². The van der Waals surface area contributed by atoms with Gasteiger partial charge in [0.2, 0.25) is 0 Å². The summed E-state index contributed by atoms with van der Waals surface area (Å²) in [6.45, 7) is 1.81. The van der Waals surface area contributed by atoms with Crippen molar-refractivity contribution in [2.24, 2.45) is 5.73 Å². The van der Waals surface area contributed by atoms with Gasteiger partial charge in [0.1, 0.15) is 0 Å². The van der Waals surface area contributed by atoms with Gasteiger partial charge in [-0.15, -0.1) is 0 Å². The first kappa shape index (κ1) is 8.00. The van der Waals surface area contributed by atoms with Crippen molar-refractivity contribution in [2.75, 3.05) is 0 Å². The number of carbonyl (C=O) groups excluding carboxylic acids is 2. The van der Waals surface area contributed by atoms with Gasteiger partial charge in [-0.1, -0.05) is 6.92 Å². The van der Waals surface area contributed by atoms with Crippen LogP contribution in [0.1, 0.15) is 13.3 Å². The number of hydrogen-bond acceptors (Lipinski definition) is 5. The molecule has 1 rings (SSSR count). The third kappa shape index (κ3) is 1.48. The van der Waals surface area contributed by atoms with Crippen molar-refractivity contribution in [1.29, 1.82) is 0 Å². The van der Waals surface area contributed by atoms with E-state index in [0.29, 0.717) is 6.42 Å². The first-order valence-corrected chi connectivity index (χ1v) is 3.32. The third-order valence-electron chi connectivity index (χ3n) is 1.43. The number of hydrogen-bond donors (Lipinski definition) is 1. The van der Waals surface area contributed by atoms with E-state index in [9.17, 15) is 9.59 Å². The Labute approximate surface area is 63.4 Å². The van der Waals surface area contributed by atoms with E-state index in [1.165, 1.54) is 0 Å². The molecule has 1 aliphatic rings. The molecule has 5 heteroatoms. The van der Waals surface area contributed by atoms with Gasteiger partial charge in [0.25, 0.3) is 6.29 Å². The topological polar surface area (TPSA) is 78.6 Å². The number of rotatable bonds is 2. The first-order valence-electron chi connectivity index (χ1n) is 3.32. The van der Waals surface area contributed by atoms with E-state index in [2.05, 4.69) is 9.47 Å². The molecule has 2 N–H and O–H groups in total. The van der Waals surface area contributed by atoms with Crippen LogP contribution in [0, 0.1) is 0 Å². The normalized spacial score (nSPS) is 21.3. The van der Waals surface area contributed by atoms with Crippen LogP contribution >= 0.6 is 0 Å². The van der Waals surface area contributed by atoms with Crippen LogP contribution in [0.3, 0.4) is 0 Å². The maximum Gasteiger partial charge on any atom is 0.420 e. The Morgan fingerprint density at radius 1 is 1.45 bits per heavy atom. The molecule has 1 fully saturated rings. The molecule has 0 spiro atoms. The van der Waals surface area contributed by atoms with Crippen molar-refractivity contribution in [3.8, 4) is 0 Å². The van der Waals surface area contributed by atoms with Gasteiger partial charge in [0.05, 0.1) is 6.04 Å². The van der Waals surface area contributed by atoms with Crippen LogP contribution in [0.25, 0.3) is 0 Å². The van der Waals surface area contributed by atoms with Crippen LogP contribution in [0.4, 0.5) is 0 Å². The van der Waals surface area contributed by atoms with Crippen LogP contribution < -0.4 is 5.73 Å². The van der Waals surface area contributed by atoms with E-state index >= 15 is 0 Å². The quantitative estimate of drug-likeness (QED) is 0.419. The van der Waals surface area contributed by atoms with E-state index in [0.717, 1.165) is 0 Å². The zero-order valence-electron chi connectivity index (χ0n) is 6.07. The van der Waals surface area contributed by atoms with Gasteiger partial charge >= 0.3 is 11.9 Å². The Bertz CT molecular complexity index is 175. The highest BCUT2D eigenvalue weighted by atomic mass is 16.8. The molecule has 1 saturated heterocycles. The summed E-state index contributed by atoms with van der Waals surface area (Å²) in [6, 6.07) is -0.426. The second-order valence-corrected chi connectivity index (χ2v) is 2.25. The minimum absolute atomic E-state index is 0.426. The van der Waals surface area contributed by atoms with E-state index in [4.69, 9.17) is 5.73 Å². The average molecular weight is 159 g/mol. The lowest BCUT2D eigenvalue weighted by molar-refractivity contribution is -0.150. The molecular weight excluding hydrogens is 150 g/mol. The fourth-order valence-electron chi connectivity index (χ4n) is 0.699. The lowest BCUT2D eigenvalue weighted by atomic mass is 10.2. The largest absolute Gasteiger partial charge is 0.420 e. The van der Waals surface area contributed by atoms with E-state index < -0.39 is 24.3 Å². The zero-order chi connectivity index (χ0) is 8.43. The summed E-state index contributed by atoms with van der Waals surface area (Å²) in [5.74, 6) is -1.92. The summed E-state index contributed by atoms with van der Waals surface area (Å²) >= 11 is 0. The highest BCUT2D eigenvalue weighted by Gasteiger charge is 2.37. The van der Waals surface area contributed by atoms with E-state index in [1.54, 1.807) is 0 Å². The lowest BCUT2D eigenvalue weighted by Crippen LogP contribution is -2.34. The molecule has 0 radical (unpaired) electrons. The van der Waals surface area contributed by atoms with Crippen molar-refractivity contribution in [3.05, 3.63) is 0 Å². The summed E-state index contributed by atoms with van der Waals surface area (Å²) in [7, 11) is 0. The lowest BCUT2D eigenvalue weighted by Gasteiger charge is -2.13. The van der Waals surface area contributed by atoms with Gasteiger partial charge in [0.15, 0.2) is 0 Å². The smallest absolute Gasteiger partial charge is 0.415 e. The average Bonchev–Trinajstić information content (AvgIpc) is 2.31. The van der Waals surface area contributed by atoms with Crippen molar-refractivity contribution in [3.63, 3.8) is 0 Å². The van der Waals surface area contributed by atoms with Crippen LogP contribution in [0.15, 0.2) is 0 Å². The molecule has 11 heavy (non-hydrogen) atoms. The van der Waals surface area contributed by atoms with E-state index in [1.807, 2.05) is 6.92 Å². The van der Waals surface area contributed by atoms with Gasteiger partial charge in [-0.05, 0) is 6.42 Å². The molecular formula is C6H9NO4. The molecule has 1 heterocycles. The molecule has 0 aromatic rings. The monoisotopic (exact) mass is 159 g/mol. The molecule has 1 aliphatic heterocycles. The number of carbonyl (C=O) groups is 2. The fourth-order valence-corrected chi connectivity index (χ4v) is 0.699. The molecule has 0 amide bonds. The molecule has 0 bridgehead atoms. The Kier molecular flexibility index (Phi) is 2.09. The second-order valence-electron chi connectivity index (χ2n) is 2.25. The minimum atomic E-state index is -0.959. The highest BCUT2D eigenvalue weighted by molar-refractivity contribution is 6.30. The summed E-state index contributed by atoms with van der Waals surface area (Å²) in [5, 5.41) is 0. The molecule has 0 saturated carbocycles. The maximum absolute atomic E-state index is 10.5. The standard InChI is InChI=1S/C6H9NO4/c1-2-3(7)6-10-4(8)5(9)11-6/h3,6H,2,7H2,1H3. The molecule has 0 aromatic heterocycles. The Balaban J connectivity index is 2.53. The minimum Gasteiger partial charge on any atom is -0.415 e. The maximum atomic E-state index is 10.5. The summed E-state index contributed by atoms with van der Waals surface area (Å²) < 4.78 is 8.98. The highest BCUT2D eigenvalue weighted by Crippen LogP contribution is 2.11. The number of nitrogens with two attached hydrogens (primary N) is 1. The van der Waals surface area contributed by atoms with Gasteiger partial charge < -0.3 is 15.2 Å². The van der Waals surface area contributed by atoms with Gasteiger partial charge in [-0.3, -0.25) is 0 Å². The van der Waals surface area contributed by atoms with Crippen LogP contribution in [-0.2, 0) is 19.1 Å². The predicted octanol–water partition coefficient (Wildman–Crippen LogP) is -0.850. The molecule has 5 nitrogen and oxygen atoms in total. The van der Waals surface area contributed by atoms with Gasteiger partial charge in [0, 0.05) is 0 Å². The number of esters is 2. The molecule has 1 unspecified atom stereocenters. The van der Waals surface area contributed by atoms with Crippen LogP contribution in [0.5, 0.6) is 0 Å². The van der Waals surface area contributed by atoms with Crippen molar-refractivity contribution < 1.29 is 19.1 Å². The number of cyclic esters (lactones) is 2.